The van der Waals surface area contributed by atoms with Crippen LogP contribution in [0.1, 0.15) is 45.4 Å². The molecule has 1 aliphatic rings. The minimum Gasteiger partial charge on any atom is -0.343 e. The zero-order valence-corrected chi connectivity index (χ0v) is 8.88. The summed E-state index contributed by atoms with van der Waals surface area (Å²) in [5, 5.41) is 2.85. The first-order valence-electron chi connectivity index (χ1n) is 5.50. The Kier molecular flexibility index (Phi) is 4.52. The summed E-state index contributed by atoms with van der Waals surface area (Å²) in [6, 6.07) is -0.134. The normalized spacial score (nSPS) is 20.6. The first-order chi connectivity index (χ1) is 6.74. The van der Waals surface area contributed by atoms with Gasteiger partial charge in [0.2, 0.25) is 5.91 Å². The van der Waals surface area contributed by atoms with E-state index in [0.717, 1.165) is 12.8 Å². The first kappa shape index (κ1) is 11.1. The number of amides is 1. The summed E-state index contributed by atoms with van der Waals surface area (Å²) >= 11 is 0. The van der Waals surface area contributed by atoms with E-state index in [-0.39, 0.29) is 17.9 Å². The van der Waals surface area contributed by atoms with Crippen LogP contribution in [0.2, 0.25) is 0 Å². The van der Waals surface area contributed by atoms with E-state index < -0.39 is 0 Å². The van der Waals surface area contributed by atoms with Crippen molar-refractivity contribution in [3.8, 4) is 12.3 Å². The van der Waals surface area contributed by atoms with E-state index in [9.17, 15) is 4.79 Å². The highest BCUT2D eigenvalue weighted by Gasteiger charge is 2.20. The van der Waals surface area contributed by atoms with Gasteiger partial charge in [0.1, 0.15) is 0 Å². The lowest BCUT2D eigenvalue weighted by Crippen LogP contribution is -2.36. The number of hydrogen-bond donors (Lipinski definition) is 1. The van der Waals surface area contributed by atoms with Gasteiger partial charge in [0.05, 0.1) is 6.04 Å². The maximum absolute atomic E-state index is 11.7. The Morgan fingerprint density at radius 3 is 2.43 bits per heavy atom. The maximum Gasteiger partial charge on any atom is 0.224 e. The van der Waals surface area contributed by atoms with Crippen LogP contribution in [0.5, 0.6) is 0 Å². The molecular formula is C12H19NO. The van der Waals surface area contributed by atoms with Crippen molar-refractivity contribution in [2.45, 2.75) is 51.5 Å². The van der Waals surface area contributed by atoms with Crippen molar-refractivity contribution in [1.29, 1.82) is 0 Å². The second kappa shape index (κ2) is 5.70. The van der Waals surface area contributed by atoms with Gasteiger partial charge in [-0.25, -0.2) is 0 Å². The Morgan fingerprint density at radius 2 is 1.93 bits per heavy atom. The Labute approximate surface area is 86.5 Å². The molecule has 0 heterocycles. The molecule has 0 spiro atoms. The SMILES string of the molecule is C#CC(C)NC(=O)C1CCCCCC1. The molecule has 1 rings (SSSR count). The lowest BCUT2D eigenvalue weighted by atomic mass is 9.99. The number of rotatable bonds is 2. The molecule has 1 saturated carbocycles. The highest BCUT2D eigenvalue weighted by molar-refractivity contribution is 5.79. The Balaban J connectivity index is 2.38. The highest BCUT2D eigenvalue weighted by atomic mass is 16.1. The molecule has 1 aliphatic carbocycles. The summed E-state index contributed by atoms with van der Waals surface area (Å²) in [7, 11) is 0. The molecule has 2 heteroatoms. The Bertz CT molecular complexity index is 221. The predicted octanol–water partition coefficient (Wildman–Crippen LogP) is 2.09. The molecule has 0 aromatic carbocycles. The monoisotopic (exact) mass is 193 g/mol. The molecule has 2 nitrogen and oxygen atoms in total. The molecule has 1 atom stereocenters. The van der Waals surface area contributed by atoms with Crippen LogP contribution in [0.3, 0.4) is 0 Å². The molecule has 0 aromatic heterocycles. The molecule has 0 aromatic rings. The minimum absolute atomic E-state index is 0.134. The summed E-state index contributed by atoms with van der Waals surface area (Å²) in [6.45, 7) is 1.84. The molecule has 1 amide bonds. The third kappa shape index (κ3) is 3.41. The number of carbonyl (C=O) groups excluding carboxylic acids is 1. The summed E-state index contributed by atoms with van der Waals surface area (Å²) in [6.07, 6.45) is 12.2. The van der Waals surface area contributed by atoms with Crippen molar-refractivity contribution < 1.29 is 4.79 Å². The fraction of sp³-hybridized carbons (Fsp3) is 0.750. The molecule has 0 bridgehead atoms. The van der Waals surface area contributed by atoms with Gasteiger partial charge in [-0.15, -0.1) is 6.42 Å². The molecule has 1 fully saturated rings. The third-order valence-corrected chi connectivity index (χ3v) is 2.83. The van der Waals surface area contributed by atoms with Crippen molar-refractivity contribution in [2.24, 2.45) is 5.92 Å². The van der Waals surface area contributed by atoms with Crippen LogP contribution in [0, 0.1) is 18.3 Å². The van der Waals surface area contributed by atoms with Crippen LogP contribution < -0.4 is 5.32 Å². The van der Waals surface area contributed by atoms with Crippen LogP contribution >= 0.6 is 0 Å². The molecular weight excluding hydrogens is 174 g/mol. The molecule has 1 unspecified atom stereocenters. The minimum atomic E-state index is -0.134. The molecule has 1 N–H and O–H groups in total. The topological polar surface area (TPSA) is 29.1 Å². The van der Waals surface area contributed by atoms with Gasteiger partial charge in [0, 0.05) is 5.92 Å². The van der Waals surface area contributed by atoms with Gasteiger partial charge in [-0.3, -0.25) is 4.79 Å². The van der Waals surface area contributed by atoms with Gasteiger partial charge in [0.25, 0.3) is 0 Å². The van der Waals surface area contributed by atoms with E-state index in [1.165, 1.54) is 25.7 Å². The van der Waals surface area contributed by atoms with Crippen molar-refractivity contribution in [3.05, 3.63) is 0 Å². The van der Waals surface area contributed by atoms with Crippen LogP contribution in [-0.4, -0.2) is 11.9 Å². The van der Waals surface area contributed by atoms with Crippen molar-refractivity contribution in [1.82, 2.24) is 5.32 Å². The molecule has 0 saturated heterocycles. The highest BCUT2D eigenvalue weighted by Crippen LogP contribution is 2.22. The average Bonchev–Trinajstić information content (AvgIpc) is 2.45. The molecule has 78 valence electrons. The lowest BCUT2D eigenvalue weighted by Gasteiger charge is -2.15. The maximum atomic E-state index is 11.7. The van der Waals surface area contributed by atoms with Crippen LogP contribution in [0.25, 0.3) is 0 Å². The zero-order valence-electron chi connectivity index (χ0n) is 8.88. The number of nitrogens with one attached hydrogen (secondary N) is 1. The van der Waals surface area contributed by atoms with Gasteiger partial charge < -0.3 is 5.32 Å². The summed E-state index contributed by atoms with van der Waals surface area (Å²) < 4.78 is 0. The van der Waals surface area contributed by atoms with E-state index >= 15 is 0 Å². The van der Waals surface area contributed by atoms with Crippen molar-refractivity contribution in [2.75, 3.05) is 0 Å². The molecule has 14 heavy (non-hydrogen) atoms. The number of carbonyl (C=O) groups is 1. The lowest BCUT2D eigenvalue weighted by molar-refractivity contribution is -0.125. The van der Waals surface area contributed by atoms with Gasteiger partial charge in [-0.2, -0.15) is 0 Å². The van der Waals surface area contributed by atoms with Gasteiger partial charge in [0.15, 0.2) is 0 Å². The standard InChI is InChI=1S/C12H19NO/c1-3-10(2)13-12(14)11-8-6-4-5-7-9-11/h1,10-11H,4-9H2,2H3,(H,13,14). The Hall–Kier alpha value is -0.970. The average molecular weight is 193 g/mol. The largest absolute Gasteiger partial charge is 0.343 e. The van der Waals surface area contributed by atoms with E-state index in [0.29, 0.717) is 0 Å². The van der Waals surface area contributed by atoms with E-state index in [2.05, 4.69) is 11.2 Å². The zero-order chi connectivity index (χ0) is 10.4. The molecule has 0 radical (unpaired) electrons. The van der Waals surface area contributed by atoms with Gasteiger partial charge in [-0.05, 0) is 19.8 Å². The van der Waals surface area contributed by atoms with E-state index in [4.69, 9.17) is 6.42 Å². The van der Waals surface area contributed by atoms with Gasteiger partial charge >= 0.3 is 0 Å². The van der Waals surface area contributed by atoms with Crippen LogP contribution in [0.4, 0.5) is 0 Å². The third-order valence-electron chi connectivity index (χ3n) is 2.83. The Morgan fingerprint density at radius 1 is 1.36 bits per heavy atom. The quantitative estimate of drug-likeness (QED) is 0.528. The van der Waals surface area contributed by atoms with Crippen molar-refractivity contribution in [3.63, 3.8) is 0 Å². The summed E-state index contributed by atoms with van der Waals surface area (Å²) in [5.74, 6) is 2.87. The van der Waals surface area contributed by atoms with Crippen molar-refractivity contribution >= 4 is 5.91 Å². The van der Waals surface area contributed by atoms with Gasteiger partial charge in [-0.1, -0.05) is 31.6 Å². The smallest absolute Gasteiger partial charge is 0.224 e. The first-order valence-corrected chi connectivity index (χ1v) is 5.50. The summed E-state index contributed by atoms with van der Waals surface area (Å²) in [5.41, 5.74) is 0. The number of terminal acetylenes is 1. The second-order valence-electron chi connectivity index (χ2n) is 4.09. The number of hydrogen-bond acceptors (Lipinski definition) is 1. The fourth-order valence-electron chi connectivity index (χ4n) is 1.91. The van der Waals surface area contributed by atoms with Crippen LogP contribution in [-0.2, 0) is 4.79 Å². The fourth-order valence-corrected chi connectivity index (χ4v) is 1.91. The van der Waals surface area contributed by atoms with E-state index in [1.54, 1.807) is 0 Å². The molecule has 0 aliphatic heterocycles. The summed E-state index contributed by atoms with van der Waals surface area (Å²) in [4.78, 5) is 11.7. The van der Waals surface area contributed by atoms with Crippen LogP contribution in [0.15, 0.2) is 0 Å². The van der Waals surface area contributed by atoms with E-state index in [1.807, 2.05) is 6.92 Å². The predicted molar refractivity (Wildman–Crippen MR) is 57.6 cm³/mol. The second-order valence-corrected chi connectivity index (χ2v) is 4.09.